The summed E-state index contributed by atoms with van der Waals surface area (Å²) in [5.41, 5.74) is 2.84. The summed E-state index contributed by atoms with van der Waals surface area (Å²) in [6, 6.07) is 18.5. The molecule has 0 atom stereocenters. The number of carbonyl (C=O) groups is 1. The molecule has 0 spiro atoms. The van der Waals surface area contributed by atoms with Crippen molar-refractivity contribution < 1.29 is 17.6 Å². The highest BCUT2D eigenvalue weighted by Crippen LogP contribution is 2.28. The van der Waals surface area contributed by atoms with Gasteiger partial charge in [0.2, 0.25) is 10.0 Å². The summed E-state index contributed by atoms with van der Waals surface area (Å²) in [6.07, 6.45) is 2.20. The molecule has 3 aromatic carbocycles. The van der Waals surface area contributed by atoms with Crippen LogP contribution in [0.25, 0.3) is 10.8 Å². The summed E-state index contributed by atoms with van der Waals surface area (Å²) in [6.45, 7) is -0.457. The van der Waals surface area contributed by atoms with E-state index in [1.165, 1.54) is 12.1 Å². The van der Waals surface area contributed by atoms with Crippen LogP contribution in [0.1, 0.15) is 5.56 Å². The second-order valence-corrected chi connectivity index (χ2v) is 7.99. The lowest BCUT2D eigenvalue weighted by Crippen LogP contribution is -2.39. The van der Waals surface area contributed by atoms with Crippen LogP contribution in [0.3, 0.4) is 0 Å². The fourth-order valence-electron chi connectivity index (χ4n) is 2.73. The first-order valence-electron chi connectivity index (χ1n) is 8.38. The minimum absolute atomic E-state index is 0.205. The molecule has 144 valence electrons. The van der Waals surface area contributed by atoms with E-state index in [1.807, 2.05) is 18.2 Å². The van der Waals surface area contributed by atoms with Gasteiger partial charge in [0, 0.05) is 10.9 Å². The normalized spacial score (nSPS) is 11.6. The SMILES string of the molecule is CS(=O)(=O)N(CC(=O)N/N=C\c1ccccc1F)c1cccc2ccccc12. The van der Waals surface area contributed by atoms with Crippen molar-refractivity contribution >= 4 is 38.6 Å². The average molecular weight is 399 g/mol. The Labute approximate surface area is 162 Å². The van der Waals surface area contributed by atoms with Crippen LogP contribution in [0.5, 0.6) is 0 Å². The maximum Gasteiger partial charge on any atom is 0.260 e. The summed E-state index contributed by atoms with van der Waals surface area (Å²) in [7, 11) is -3.73. The molecule has 1 amide bonds. The molecule has 0 aromatic heterocycles. The minimum atomic E-state index is -3.73. The Morgan fingerprint density at radius 3 is 2.50 bits per heavy atom. The number of benzene rings is 3. The van der Waals surface area contributed by atoms with Crippen molar-refractivity contribution in [1.29, 1.82) is 0 Å². The van der Waals surface area contributed by atoms with Gasteiger partial charge >= 0.3 is 0 Å². The monoisotopic (exact) mass is 399 g/mol. The van der Waals surface area contributed by atoms with Gasteiger partial charge in [-0.15, -0.1) is 0 Å². The number of hydrazone groups is 1. The topological polar surface area (TPSA) is 78.8 Å². The number of carbonyl (C=O) groups excluding carboxylic acids is 1. The van der Waals surface area contributed by atoms with Crippen LogP contribution in [0.15, 0.2) is 71.8 Å². The lowest BCUT2D eigenvalue weighted by Gasteiger charge is -2.23. The van der Waals surface area contributed by atoms with Crippen LogP contribution in [0.2, 0.25) is 0 Å². The number of hydrogen-bond donors (Lipinski definition) is 1. The summed E-state index contributed by atoms with van der Waals surface area (Å²) in [5.74, 6) is -1.13. The molecule has 0 unspecified atom stereocenters. The number of amides is 1. The van der Waals surface area contributed by atoms with E-state index in [4.69, 9.17) is 0 Å². The lowest BCUT2D eigenvalue weighted by atomic mass is 10.1. The van der Waals surface area contributed by atoms with Crippen LogP contribution in [0, 0.1) is 5.82 Å². The van der Waals surface area contributed by atoms with Crippen LogP contribution in [0.4, 0.5) is 10.1 Å². The number of fused-ring (bicyclic) bond motifs is 1. The van der Waals surface area contributed by atoms with Crippen molar-refractivity contribution in [3.63, 3.8) is 0 Å². The van der Waals surface area contributed by atoms with Crippen LogP contribution in [-0.4, -0.2) is 33.3 Å². The third-order valence-corrected chi connectivity index (χ3v) is 5.15. The average Bonchev–Trinajstić information content (AvgIpc) is 2.66. The van der Waals surface area contributed by atoms with Gasteiger partial charge in [0.1, 0.15) is 12.4 Å². The number of hydrogen-bond acceptors (Lipinski definition) is 4. The highest BCUT2D eigenvalue weighted by Gasteiger charge is 2.22. The fraction of sp³-hybridized carbons (Fsp3) is 0.100. The predicted molar refractivity (Wildman–Crippen MR) is 108 cm³/mol. The van der Waals surface area contributed by atoms with Crippen LogP contribution >= 0.6 is 0 Å². The molecule has 0 radical (unpaired) electrons. The molecule has 3 aromatic rings. The first-order valence-corrected chi connectivity index (χ1v) is 10.2. The smallest absolute Gasteiger partial charge is 0.260 e. The van der Waals surface area contributed by atoms with E-state index in [0.717, 1.165) is 22.2 Å². The Morgan fingerprint density at radius 1 is 1.07 bits per heavy atom. The second-order valence-electron chi connectivity index (χ2n) is 6.08. The molecule has 0 aliphatic rings. The Bertz CT molecular complexity index is 1140. The molecule has 0 aliphatic heterocycles. The van der Waals surface area contributed by atoms with E-state index in [1.54, 1.807) is 36.4 Å². The van der Waals surface area contributed by atoms with E-state index in [-0.39, 0.29) is 5.56 Å². The molecule has 0 saturated carbocycles. The zero-order chi connectivity index (χ0) is 20.1. The third kappa shape index (κ3) is 4.52. The summed E-state index contributed by atoms with van der Waals surface area (Å²) < 4.78 is 39.2. The van der Waals surface area contributed by atoms with Gasteiger partial charge in [0.25, 0.3) is 5.91 Å². The molecule has 0 aliphatic carbocycles. The molecule has 1 N–H and O–H groups in total. The summed E-state index contributed by atoms with van der Waals surface area (Å²) in [4.78, 5) is 12.3. The minimum Gasteiger partial charge on any atom is -0.271 e. The van der Waals surface area contributed by atoms with Gasteiger partial charge in [0.15, 0.2) is 0 Å². The molecule has 28 heavy (non-hydrogen) atoms. The molecule has 0 fully saturated rings. The van der Waals surface area contributed by atoms with Gasteiger partial charge in [-0.2, -0.15) is 5.10 Å². The number of nitrogens with one attached hydrogen (secondary N) is 1. The van der Waals surface area contributed by atoms with E-state index in [9.17, 15) is 17.6 Å². The first-order chi connectivity index (χ1) is 13.4. The Balaban J connectivity index is 1.82. The van der Waals surface area contributed by atoms with Gasteiger partial charge in [-0.25, -0.2) is 18.2 Å². The highest BCUT2D eigenvalue weighted by atomic mass is 32.2. The standard InChI is InChI=1S/C20H18FN3O3S/c1-28(26,27)24(19-12-6-9-15-7-2-4-10-17(15)19)14-20(25)23-22-13-16-8-3-5-11-18(16)21/h2-13H,14H2,1H3,(H,23,25)/b22-13-. The number of rotatable bonds is 6. The van der Waals surface area contributed by atoms with Gasteiger partial charge in [-0.3, -0.25) is 9.10 Å². The number of sulfonamides is 1. The van der Waals surface area contributed by atoms with E-state index in [2.05, 4.69) is 10.5 Å². The van der Waals surface area contributed by atoms with Gasteiger partial charge in [-0.05, 0) is 17.5 Å². The second kappa shape index (κ2) is 8.18. The van der Waals surface area contributed by atoms with Crippen LogP contribution in [-0.2, 0) is 14.8 Å². The van der Waals surface area contributed by atoms with Gasteiger partial charge in [-0.1, -0.05) is 54.6 Å². The van der Waals surface area contributed by atoms with Crippen molar-refractivity contribution in [3.8, 4) is 0 Å². The number of anilines is 1. The van der Waals surface area contributed by atoms with Crippen LogP contribution < -0.4 is 9.73 Å². The molecule has 0 bridgehead atoms. The van der Waals surface area contributed by atoms with Crippen molar-refractivity contribution in [2.24, 2.45) is 5.10 Å². The van der Waals surface area contributed by atoms with Crippen molar-refractivity contribution in [3.05, 3.63) is 78.1 Å². The van der Waals surface area contributed by atoms with Crippen molar-refractivity contribution in [2.75, 3.05) is 17.1 Å². The molecular formula is C20H18FN3O3S. The van der Waals surface area contributed by atoms with Crippen molar-refractivity contribution in [1.82, 2.24) is 5.43 Å². The summed E-state index contributed by atoms with van der Waals surface area (Å²) in [5, 5.41) is 5.27. The summed E-state index contributed by atoms with van der Waals surface area (Å²) >= 11 is 0. The zero-order valence-corrected chi connectivity index (χ0v) is 15.9. The third-order valence-electron chi connectivity index (χ3n) is 4.02. The zero-order valence-electron chi connectivity index (χ0n) is 15.0. The lowest BCUT2D eigenvalue weighted by molar-refractivity contribution is -0.119. The van der Waals surface area contributed by atoms with E-state index < -0.39 is 28.3 Å². The molecule has 0 saturated heterocycles. The maximum atomic E-state index is 13.6. The maximum absolute atomic E-state index is 13.6. The number of nitrogens with zero attached hydrogens (tertiary/aromatic N) is 2. The Kier molecular flexibility index (Phi) is 5.70. The quantitative estimate of drug-likeness (QED) is 0.511. The molecule has 3 rings (SSSR count). The molecule has 8 heteroatoms. The Hall–Kier alpha value is -3.26. The first kappa shape index (κ1) is 19.5. The molecule has 0 heterocycles. The number of halogens is 1. The van der Waals surface area contributed by atoms with Gasteiger partial charge in [0.05, 0.1) is 18.2 Å². The van der Waals surface area contributed by atoms with Crippen molar-refractivity contribution in [2.45, 2.75) is 0 Å². The molecule has 6 nitrogen and oxygen atoms in total. The highest BCUT2D eigenvalue weighted by molar-refractivity contribution is 7.92. The van der Waals surface area contributed by atoms with E-state index in [0.29, 0.717) is 11.1 Å². The van der Waals surface area contributed by atoms with Gasteiger partial charge < -0.3 is 0 Å². The predicted octanol–water partition coefficient (Wildman–Crippen LogP) is 2.90. The largest absolute Gasteiger partial charge is 0.271 e. The van der Waals surface area contributed by atoms with E-state index >= 15 is 0 Å². The molecular weight excluding hydrogens is 381 g/mol. The Morgan fingerprint density at radius 2 is 1.75 bits per heavy atom. The fourth-order valence-corrected chi connectivity index (χ4v) is 3.59.